The summed E-state index contributed by atoms with van der Waals surface area (Å²) in [6, 6.07) is 12.8. The van der Waals surface area contributed by atoms with Crippen LogP contribution in [0.3, 0.4) is 0 Å². The molecule has 0 fully saturated rings. The number of anilines is 2. The molecule has 3 rings (SSSR count). The van der Waals surface area contributed by atoms with Gasteiger partial charge in [-0.1, -0.05) is 13.0 Å². The Labute approximate surface area is 150 Å². The third-order valence-corrected chi connectivity index (χ3v) is 6.14. The van der Waals surface area contributed by atoms with Crippen LogP contribution in [0.5, 0.6) is 0 Å². The number of thioether (sulfide) groups is 1. The van der Waals surface area contributed by atoms with E-state index in [9.17, 15) is 13.2 Å². The molecule has 1 amide bonds. The average molecular weight is 373 g/mol. The standard InChI is InChI=1S/C17H15N3O3S2/c1-11-7-17(21)19-15-9-14(5-6-16(15)24-11)25(22,23)20-13-4-2-3-12(8-13)10-18/h2-6,8-9,11,20H,7H2,1H3,(H,19,21)/t11-/m0/s1. The van der Waals surface area contributed by atoms with Crippen LogP contribution >= 0.6 is 11.8 Å². The Bertz CT molecular complexity index is 981. The van der Waals surface area contributed by atoms with E-state index in [1.807, 2.05) is 13.0 Å². The summed E-state index contributed by atoms with van der Waals surface area (Å²) in [7, 11) is -3.83. The van der Waals surface area contributed by atoms with Crippen LogP contribution in [0.2, 0.25) is 0 Å². The summed E-state index contributed by atoms with van der Waals surface area (Å²) in [5.74, 6) is -0.136. The Morgan fingerprint density at radius 3 is 2.84 bits per heavy atom. The van der Waals surface area contributed by atoms with Crippen molar-refractivity contribution in [2.24, 2.45) is 0 Å². The van der Waals surface area contributed by atoms with Crippen LogP contribution in [-0.4, -0.2) is 19.6 Å². The number of hydrogen-bond acceptors (Lipinski definition) is 5. The molecule has 0 saturated carbocycles. The third kappa shape index (κ3) is 3.95. The molecule has 2 aromatic carbocycles. The minimum Gasteiger partial charge on any atom is -0.325 e. The van der Waals surface area contributed by atoms with Gasteiger partial charge < -0.3 is 5.32 Å². The van der Waals surface area contributed by atoms with Crippen molar-refractivity contribution in [3.63, 3.8) is 0 Å². The normalized spacial score (nSPS) is 17.0. The molecule has 0 unspecified atom stereocenters. The van der Waals surface area contributed by atoms with Crippen LogP contribution in [0, 0.1) is 11.3 Å². The number of carbonyl (C=O) groups is 1. The highest BCUT2D eigenvalue weighted by molar-refractivity contribution is 8.00. The van der Waals surface area contributed by atoms with E-state index in [2.05, 4.69) is 10.0 Å². The van der Waals surface area contributed by atoms with Crippen LogP contribution in [0.15, 0.2) is 52.3 Å². The molecule has 1 heterocycles. The van der Waals surface area contributed by atoms with Gasteiger partial charge in [0.2, 0.25) is 5.91 Å². The summed E-state index contributed by atoms with van der Waals surface area (Å²) >= 11 is 1.53. The maximum Gasteiger partial charge on any atom is 0.261 e. The molecule has 1 aliphatic heterocycles. The first-order valence-electron chi connectivity index (χ1n) is 7.51. The zero-order valence-electron chi connectivity index (χ0n) is 13.3. The van der Waals surface area contributed by atoms with Gasteiger partial charge in [0, 0.05) is 16.6 Å². The van der Waals surface area contributed by atoms with Gasteiger partial charge in [0.05, 0.1) is 27.9 Å². The van der Waals surface area contributed by atoms with Crippen molar-refractivity contribution in [1.82, 2.24) is 0 Å². The van der Waals surface area contributed by atoms with Crippen molar-refractivity contribution in [3.8, 4) is 6.07 Å². The topological polar surface area (TPSA) is 99.1 Å². The fraction of sp³-hybridized carbons (Fsp3) is 0.176. The first-order valence-corrected chi connectivity index (χ1v) is 9.87. The van der Waals surface area contributed by atoms with E-state index in [4.69, 9.17) is 5.26 Å². The van der Waals surface area contributed by atoms with Crippen molar-refractivity contribution in [2.75, 3.05) is 10.0 Å². The Morgan fingerprint density at radius 1 is 1.28 bits per heavy atom. The van der Waals surface area contributed by atoms with E-state index in [0.29, 0.717) is 23.4 Å². The van der Waals surface area contributed by atoms with Gasteiger partial charge in [0.15, 0.2) is 0 Å². The van der Waals surface area contributed by atoms with Gasteiger partial charge in [-0.2, -0.15) is 5.26 Å². The third-order valence-electron chi connectivity index (χ3n) is 3.58. The van der Waals surface area contributed by atoms with E-state index in [1.165, 1.54) is 30.0 Å². The number of carbonyl (C=O) groups excluding carboxylic acids is 1. The predicted molar refractivity (Wildman–Crippen MR) is 97.0 cm³/mol. The van der Waals surface area contributed by atoms with Gasteiger partial charge >= 0.3 is 0 Å². The fourth-order valence-corrected chi connectivity index (χ4v) is 4.59. The molecule has 8 heteroatoms. The summed E-state index contributed by atoms with van der Waals surface area (Å²) in [5, 5.41) is 11.8. The number of hydrogen-bond donors (Lipinski definition) is 2. The molecule has 0 bridgehead atoms. The molecule has 0 aliphatic carbocycles. The molecular weight excluding hydrogens is 358 g/mol. The average Bonchev–Trinajstić information content (AvgIpc) is 2.70. The van der Waals surface area contributed by atoms with Gasteiger partial charge in [-0.15, -0.1) is 11.8 Å². The van der Waals surface area contributed by atoms with Crippen molar-refractivity contribution in [1.29, 1.82) is 5.26 Å². The van der Waals surface area contributed by atoms with E-state index < -0.39 is 10.0 Å². The molecule has 1 aliphatic rings. The van der Waals surface area contributed by atoms with Gasteiger partial charge in [-0.3, -0.25) is 9.52 Å². The first kappa shape index (κ1) is 17.3. The minimum atomic E-state index is -3.83. The lowest BCUT2D eigenvalue weighted by Crippen LogP contribution is -2.15. The number of nitriles is 1. The lowest BCUT2D eigenvalue weighted by atomic mass is 10.2. The second-order valence-corrected chi connectivity index (χ2v) is 8.80. The van der Waals surface area contributed by atoms with Gasteiger partial charge in [-0.05, 0) is 36.4 Å². The van der Waals surface area contributed by atoms with E-state index in [-0.39, 0.29) is 16.1 Å². The Morgan fingerprint density at radius 2 is 2.08 bits per heavy atom. The molecular formula is C17H15N3O3S2. The van der Waals surface area contributed by atoms with Crippen molar-refractivity contribution in [2.45, 2.75) is 28.4 Å². The summed E-state index contributed by atoms with van der Waals surface area (Å²) in [6.45, 7) is 1.95. The highest BCUT2D eigenvalue weighted by atomic mass is 32.2. The number of benzene rings is 2. The molecule has 0 radical (unpaired) electrons. The molecule has 0 aromatic heterocycles. The summed E-state index contributed by atoms with van der Waals surface area (Å²) in [4.78, 5) is 12.7. The second-order valence-electron chi connectivity index (χ2n) is 5.64. The van der Waals surface area contributed by atoms with Crippen LogP contribution in [0.4, 0.5) is 11.4 Å². The van der Waals surface area contributed by atoms with Crippen LogP contribution in [-0.2, 0) is 14.8 Å². The highest BCUT2D eigenvalue weighted by Crippen LogP contribution is 2.36. The molecule has 1 atom stereocenters. The monoisotopic (exact) mass is 373 g/mol. The van der Waals surface area contributed by atoms with Gasteiger partial charge in [0.25, 0.3) is 10.0 Å². The predicted octanol–water partition coefficient (Wildman–Crippen LogP) is 3.18. The lowest BCUT2D eigenvalue weighted by molar-refractivity contribution is -0.116. The Kier molecular flexibility index (Phi) is 4.70. The summed E-state index contributed by atoms with van der Waals surface area (Å²) in [5.41, 5.74) is 1.16. The van der Waals surface area contributed by atoms with Crippen LogP contribution < -0.4 is 10.0 Å². The summed E-state index contributed by atoms with van der Waals surface area (Å²) < 4.78 is 27.7. The first-order chi connectivity index (χ1) is 11.9. The Balaban J connectivity index is 1.93. The molecule has 0 saturated heterocycles. The zero-order chi connectivity index (χ0) is 18.0. The molecule has 128 valence electrons. The van der Waals surface area contributed by atoms with E-state index >= 15 is 0 Å². The molecule has 6 nitrogen and oxygen atoms in total. The maximum atomic E-state index is 12.6. The maximum absolute atomic E-state index is 12.6. The van der Waals surface area contributed by atoms with Gasteiger partial charge in [0.1, 0.15) is 0 Å². The van der Waals surface area contributed by atoms with E-state index in [1.54, 1.807) is 24.3 Å². The number of rotatable bonds is 3. The number of nitrogens with one attached hydrogen (secondary N) is 2. The second kappa shape index (κ2) is 6.78. The summed E-state index contributed by atoms with van der Waals surface area (Å²) in [6.07, 6.45) is 0.376. The lowest BCUT2D eigenvalue weighted by Gasteiger charge is -2.12. The van der Waals surface area contributed by atoms with Crippen molar-refractivity contribution in [3.05, 3.63) is 48.0 Å². The zero-order valence-corrected chi connectivity index (χ0v) is 14.9. The number of sulfonamides is 1. The SMILES string of the molecule is C[C@H]1CC(=O)Nc2cc(S(=O)(=O)Nc3cccc(C#N)c3)ccc2S1. The molecule has 2 N–H and O–H groups in total. The Hall–Kier alpha value is -2.50. The fourth-order valence-electron chi connectivity index (χ4n) is 2.46. The van der Waals surface area contributed by atoms with Crippen LogP contribution in [0.1, 0.15) is 18.9 Å². The minimum absolute atomic E-state index is 0.0454. The number of nitrogens with zero attached hydrogens (tertiary/aromatic N) is 1. The highest BCUT2D eigenvalue weighted by Gasteiger charge is 2.22. The van der Waals surface area contributed by atoms with Gasteiger partial charge in [-0.25, -0.2) is 8.42 Å². The van der Waals surface area contributed by atoms with Crippen LogP contribution in [0.25, 0.3) is 0 Å². The van der Waals surface area contributed by atoms with Crippen molar-refractivity contribution >= 4 is 39.1 Å². The molecule has 2 aromatic rings. The molecule has 0 spiro atoms. The smallest absolute Gasteiger partial charge is 0.261 e. The van der Waals surface area contributed by atoms with Crippen molar-refractivity contribution < 1.29 is 13.2 Å². The number of fused-ring (bicyclic) bond motifs is 1. The quantitative estimate of drug-likeness (QED) is 0.861. The largest absolute Gasteiger partial charge is 0.325 e. The number of amides is 1. The molecule has 25 heavy (non-hydrogen) atoms. The van der Waals surface area contributed by atoms with E-state index in [0.717, 1.165) is 4.90 Å².